The van der Waals surface area contributed by atoms with Gasteiger partial charge in [0.2, 0.25) is 5.91 Å². The van der Waals surface area contributed by atoms with Crippen molar-refractivity contribution in [2.75, 3.05) is 20.1 Å². The van der Waals surface area contributed by atoms with Gasteiger partial charge in [-0.15, -0.1) is 0 Å². The summed E-state index contributed by atoms with van der Waals surface area (Å²) in [5.74, 6) is -0.0898. The average Bonchev–Trinajstić information content (AvgIpc) is 2.96. The fraction of sp³-hybridized carbons (Fsp3) is 0.600. The van der Waals surface area contributed by atoms with Crippen LogP contribution in [0.1, 0.15) is 37.3 Å². The Morgan fingerprint density at radius 3 is 2.86 bits per heavy atom. The normalized spacial score (nSPS) is 22.7. The van der Waals surface area contributed by atoms with Crippen LogP contribution in [0, 0.1) is 6.92 Å². The third kappa shape index (κ3) is 2.88. The van der Waals surface area contributed by atoms with E-state index in [4.69, 9.17) is 0 Å². The van der Waals surface area contributed by atoms with Crippen LogP contribution in [0.5, 0.6) is 0 Å². The summed E-state index contributed by atoms with van der Waals surface area (Å²) in [5, 5.41) is 9.76. The third-order valence-electron chi connectivity index (χ3n) is 4.24. The lowest BCUT2D eigenvalue weighted by molar-refractivity contribution is -0.131. The van der Waals surface area contributed by atoms with Crippen molar-refractivity contribution in [3.63, 3.8) is 0 Å². The number of rotatable bonds is 2. The van der Waals surface area contributed by atoms with Crippen molar-refractivity contribution in [3.8, 4) is 0 Å². The first-order valence-corrected chi connectivity index (χ1v) is 7.68. The summed E-state index contributed by atoms with van der Waals surface area (Å²) < 4.78 is 1.95. The Balaban J connectivity index is 1.70. The first-order chi connectivity index (χ1) is 10.5. The molecule has 0 aliphatic carbocycles. The van der Waals surface area contributed by atoms with Gasteiger partial charge in [-0.3, -0.25) is 14.3 Å². The maximum atomic E-state index is 12.6. The van der Waals surface area contributed by atoms with Gasteiger partial charge in [-0.05, 0) is 25.3 Å². The lowest BCUT2D eigenvalue weighted by Gasteiger charge is -2.33. The van der Waals surface area contributed by atoms with Crippen LogP contribution in [-0.4, -0.2) is 57.4 Å². The summed E-state index contributed by atoms with van der Waals surface area (Å²) in [6, 6.07) is 0.218. The molecule has 0 aromatic carbocycles. The second kappa shape index (κ2) is 5.90. The molecule has 0 saturated carbocycles. The van der Waals surface area contributed by atoms with Crippen LogP contribution in [0.4, 0.5) is 0 Å². The van der Waals surface area contributed by atoms with E-state index >= 15 is 0 Å². The van der Waals surface area contributed by atoms with Gasteiger partial charge in [0.05, 0.1) is 12.2 Å². The fourth-order valence-electron chi connectivity index (χ4n) is 2.99. The van der Waals surface area contributed by atoms with Crippen molar-refractivity contribution in [1.82, 2.24) is 19.7 Å². The number of amides is 2. The van der Waals surface area contributed by atoms with Gasteiger partial charge in [-0.1, -0.05) is 0 Å². The topological polar surface area (TPSA) is 70.8 Å². The van der Waals surface area contributed by atoms with Gasteiger partial charge in [0.15, 0.2) is 0 Å². The number of hydrogen-bond acceptors (Lipinski definition) is 4. The van der Waals surface area contributed by atoms with E-state index in [-0.39, 0.29) is 17.9 Å². The molecule has 0 N–H and O–H groups in total. The smallest absolute Gasteiger partial charge is 0.270 e. The molecule has 2 aliphatic heterocycles. The summed E-state index contributed by atoms with van der Waals surface area (Å²) in [7, 11) is 1.60. The highest BCUT2D eigenvalue weighted by atomic mass is 16.2. The summed E-state index contributed by atoms with van der Waals surface area (Å²) >= 11 is 0. The molecule has 0 spiro atoms. The minimum Gasteiger partial charge on any atom is -0.335 e. The van der Waals surface area contributed by atoms with Gasteiger partial charge in [0, 0.05) is 39.2 Å². The monoisotopic (exact) mass is 303 g/mol. The fourth-order valence-corrected chi connectivity index (χ4v) is 2.99. The quantitative estimate of drug-likeness (QED) is 0.817. The molecule has 0 radical (unpaired) electrons. The molecule has 7 nitrogen and oxygen atoms in total. The first kappa shape index (κ1) is 14.7. The molecule has 2 amide bonds. The maximum absolute atomic E-state index is 12.6. The first-order valence-electron chi connectivity index (χ1n) is 7.68. The second-order valence-electron chi connectivity index (χ2n) is 6.01. The highest BCUT2D eigenvalue weighted by molar-refractivity contribution is 6.39. The molecule has 1 atom stereocenters. The minimum atomic E-state index is -0.0482. The van der Waals surface area contributed by atoms with Crippen LogP contribution in [-0.2, 0) is 9.59 Å². The molecule has 1 fully saturated rings. The number of aryl methyl sites for hydroxylation is 1. The maximum Gasteiger partial charge on any atom is 0.270 e. The highest BCUT2D eigenvalue weighted by Gasteiger charge is 2.30. The Bertz CT molecular complexity index is 621. The van der Waals surface area contributed by atoms with E-state index in [1.807, 2.05) is 28.9 Å². The Morgan fingerprint density at radius 2 is 2.18 bits per heavy atom. The number of nitrogens with zero attached hydrogens (tertiary/aromatic N) is 5. The summed E-state index contributed by atoms with van der Waals surface area (Å²) in [5.41, 5.74) is 1.61. The summed E-state index contributed by atoms with van der Waals surface area (Å²) in [6.45, 7) is 3.40. The van der Waals surface area contributed by atoms with Crippen LogP contribution in [0.2, 0.25) is 0 Å². The van der Waals surface area contributed by atoms with E-state index in [0.717, 1.165) is 24.9 Å². The number of likely N-dealkylation sites (tertiary alicyclic amines) is 1. The van der Waals surface area contributed by atoms with Crippen LogP contribution in [0.15, 0.2) is 17.5 Å². The molecule has 3 heterocycles. The van der Waals surface area contributed by atoms with Gasteiger partial charge in [-0.25, -0.2) is 5.01 Å². The van der Waals surface area contributed by atoms with Gasteiger partial charge in [-0.2, -0.15) is 10.2 Å². The van der Waals surface area contributed by atoms with Crippen LogP contribution >= 0.6 is 0 Å². The molecule has 22 heavy (non-hydrogen) atoms. The van der Waals surface area contributed by atoms with Crippen molar-refractivity contribution in [3.05, 3.63) is 18.0 Å². The van der Waals surface area contributed by atoms with Gasteiger partial charge >= 0.3 is 0 Å². The van der Waals surface area contributed by atoms with E-state index in [9.17, 15) is 9.59 Å². The Morgan fingerprint density at radius 1 is 1.36 bits per heavy atom. The van der Waals surface area contributed by atoms with Crippen molar-refractivity contribution >= 4 is 17.5 Å². The zero-order valence-corrected chi connectivity index (χ0v) is 13.0. The average molecular weight is 303 g/mol. The van der Waals surface area contributed by atoms with Crippen LogP contribution < -0.4 is 0 Å². The van der Waals surface area contributed by atoms with Crippen molar-refractivity contribution in [2.24, 2.45) is 5.10 Å². The number of piperidine rings is 1. The van der Waals surface area contributed by atoms with Crippen molar-refractivity contribution in [2.45, 2.75) is 38.6 Å². The predicted molar refractivity (Wildman–Crippen MR) is 81.3 cm³/mol. The van der Waals surface area contributed by atoms with E-state index in [0.29, 0.717) is 25.1 Å². The lowest BCUT2D eigenvalue weighted by atomic mass is 10.0. The molecule has 0 bridgehead atoms. The number of aromatic nitrogens is 2. The van der Waals surface area contributed by atoms with Gasteiger partial charge in [0.25, 0.3) is 5.91 Å². The van der Waals surface area contributed by atoms with Crippen LogP contribution in [0.25, 0.3) is 0 Å². The zero-order chi connectivity index (χ0) is 15.7. The minimum absolute atomic E-state index is 0.0416. The van der Waals surface area contributed by atoms with Crippen molar-refractivity contribution < 1.29 is 9.59 Å². The highest BCUT2D eigenvalue weighted by Crippen LogP contribution is 2.22. The number of carbonyl (C=O) groups is 2. The SMILES string of the molecule is Cc1cnn([C@@H]2CCCN(C(=O)C3=NN(C)C(=O)CC3)C2)c1. The van der Waals surface area contributed by atoms with E-state index in [1.54, 1.807) is 7.05 Å². The Kier molecular flexibility index (Phi) is 3.96. The third-order valence-corrected chi connectivity index (χ3v) is 4.24. The van der Waals surface area contributed by atoms with E-state index < -0.39 is 0 Å². The standard InChI is InChI=1S/C15H21N5O2/c1-11-8-16-20(9-11)12-4-3-7-19(10-12)15(22)13-5-6-14(21)18(2)17-13/h8-9,12H,3-7,10H2,1-2H3/t12-/m1/s1. The van der Waals surface area contributed by atoms with E-state index in [2.05, 4.69) is 10.2 Å². The second-order valence-corrected chi connectivity index (χ2v) is 6.01. The number of hydrogen-bond donors (Lipinski definition) is 0. The molecule has 1 aromatic rings. The molecule has 1 aromatic heterocycles. The Labute approximate surface area is 129 Å². The van der Waals surface area contributed by atoms with Gasteiger partial charge < -0.3 is 4.90 Å². The molecule has 3 rings (SSSR count). The summed E-state index contributed by atoms with van der Waals surface area (Å²) in [6.07, 6.45) is 6.63. The molecule has 7 heteroatoms. The van der Waals surface area contributed by atoms with Crippen LogP contribution in [0.3, 0.4) is 0 Å². The molecule has 118 valence electrons. The number of carbonyl (C=O) groups excluding carboxylic acids is 2. The number of hydrazone groups is 1. The largest absolute Gasteiger partial charge is 0.335 e. The van der Waals surface area contributed by atoms with Crippen molar-refractivity contribution in [1.29, 1.82) is 0 Å². The molecule has 1 saturated heterocycles. The molecular formula is C15H21N5O2. The zero-order valence-electron chi connectivity index (χ0n) is 13.0. The molecular weight excluding hydrogens is 282 g/mol. The molecule has 0 unspecified atom stereocenters. The van der Waals surface area contributed by atoms with Gasteiger partial charge in [0.1, 0.15) is 5.71 Å². The van der Waals surface area contributed by atoms with E-state index in [1.165, 1.54) is 5.01 Å². The lowest BCUT2D eigenvalue weighted by Crippen LogP contribution is -2.45. The Hall–Kier alpha value is -2.18. The predicted octanol–water partition coefficient (Wildman–Crippen LogP) is 0.963. The summed E-state index contributed by atoms with van der Waals surface area (Å²) in [4.78, 5) is 25.9. The molecule has 2 aliphatic rings.